The van der Waals surface area contributed by atoms with Crippen molar-refractivity contribution in [3.05, 3.63) is 0 Å². The average molecular weight is 282 g/mol. The zero-order valence-corrected chi connectivity index (χ0v) is 10.8. The zero-order chi connectivity index (χ0) is 10.1. The highest BCUT2D eigenvalue weighted by Gasteiger charge is 2.35. The molecule has 7 heteroatoms. The van der Waals surface area contributed by atoms with Gasteiger partial charge in [-0.1, -0.05) is 34.8 Å². The molecule has 0 saturated carbocycles. The van der Waals surface area contributed by atoms with Crippen LogP contribution in [-0.2, 0) is 4.79 Å². The molecule has 1 heterocycles. The molecule has 84 valence electrons. The van der Waals surface area contributed by atoms with Gasteiger partial charge >= 0.3 is 0 Å². The number of carbonyl (C=O) groups excluding carboxylic acids is 1. The van der Waals surface area contributed by atoms with Crippen LogP contribution in [0.4, 0.5) is 0 Å². The minimum absolute atomic E-state index is 0. The van der Waals surface area contributed by atoms with Crippen LogP contribution in [0.25, 0.3) is 0 Å². The summed E-state index contributed by atoms with van der Waals surface area (Å²) in [6.07, 6.45) is 0. The Labute approximate surface area is 105 Å². The number of rotatable bonds is 0. The van der Waals surface area contributed by atoms with Gasteiger partial charge in [0.15, 0.2) is 0 Å². The Morgan fingerprint density at radius 3 is 1.93 bits per heavy atom. The molecule has 0 radical (unpaired) electrons. The summed E-state index contributed by atoms with van der Waals surface area (Å²) in [4.78, 5) is 15.1. The van der Waals surface area contributed by atoms with Crippen LogP contribution in [0, 0.1) is 0 Å². The molecule has 0 aliphatic carbocycles. The van der Waals surface area contributed by atoms with E-state index in [1.807, 2.05) is 7.05 Å². The van der Waals surface area contributed by atoms with E-state index in [2.05, 4.69) is 4.90 Å². The van der Waals surface area contributed by atoms with Gasteiger partial charge in [-0.25, -0.2) is 0 Å². The van der Waals surface area contributed by atoms with Crippen molar-refractivity contribution in [1.29, 1.82) is 0 Å². The van der Waals surface area contributed by atoms with E-state index >= 15 is 0 Å². The van der Waals surface area contributed by atoms with E-state index in [9.17, 15) is 4.79 Å². The lowest BCUT2D eigenvalue weighted by atomic mass is 10.3. The molecule has 1 aliphatic rings. The molecular weight excluding hydrogens is 270 g/mol. The van der Waals surface area contributed by atoms with Crippen LogP contribution < -0.4 is 0 Å². The second-order valence-corrected chi connectivity index (χ2v) is 5.37. The predicted molar refractivity (Wildman–Crippen MR) is 61.6 cm³/mol. The standard InChI is InChI=1S/C7H11Cl3N2O.ClH/c1-11-2-4-12(5-3-11)6(13)7(8,9)10;/h2-5H2,1H3;1H. The Morgan fingerprint density at radius 2 is 1.57 bits per heavy atom. The van der Waals surface area contributed by atoms with Crippen molar-refractivity contribution in [2.24, 2.45) is 0 Å². The molecule has 0 N–H and O–H groups in total. The van der Waals surface area contributed by atoms with Gasteiger partial charge in [-0.2, -0.15) is 0 Å². The fraction of sp³-hybridized carbons (Fsp3) is 0.857. The summed E-state index contributed by atoms with van der Waals surface area (Å²) in [7, 11) is 2.00. The van der Waals surface area contributed by atoms with Crippen LogP contribution in [0.5, 0.6) is 0 Å². The van der Waals surface area contributed by atoms with E-state index in [0.717, 1.165) is 13.1 Å². The first-order valence-corrected chi connectivity index (χ1v) is 5.09. The number of hydrogen-bond donors (Lipinski definition) is 0. The molecule has 0 aromatic heterocycles. The number of piperazine rings is 1. The molecule has 1 fully saturated rings. The number of amides is 1. The summed E-state index contributed by atoms with van der Waals surface area (Å²) in [6, 6.07) is 0. The smallest absolute Gasteiger partial charge is 0.274 e. The first-order chi connectivity index (χ1) is 5.91. The number of hydrogen-bond acceptors (Lipinski definition) is 2. The number of alkyl halides is 3. The van der Waals surface area contributed by atoms with Crippen molar-refractivity contribution in [1.82, 2.24) is 9.80 Å². The van der Waals surface area contributed by atoms with E-state index in [4.69, 9.17) is 34.8 Å². The van der Waals surface area contributed by atoms with E-state index in [0.29, 0.717) is 13.1 Å². The Bertz CT molecular complexity index is 198. The second-order valence-electron chi connectivity index (χ2n) is 3.09. The fourth-order valence-electron chi connectivity index (χ4n) is 1.19. The first-order valence-electron chi connectivity index (χ1n) is 3.96. The topological polar surface area (TPSA) is 23.6 Å². The summed E-state index contributed by atoms with van der Waals surface area (Å²) in [5, 5.41) is 0. The van der Waals surface area contributed by atoms with Gasteiger partial charge in [-0.15, -0.1) is 12.4 Å². The zero-order valence-electron chi connectivity index (χ0n) is 7.67. The van der Waals surface area contributed by atoms with Crippen molar-refractivity contribution >= 4 is 53.1 Å². The molecule has 1 aliphatic heterocycles. The minimum atomic E-state index is -1.81. The molecule has 1 rings (SSSR count). The molecule has 14 heavy (non-hydrogen) atoms. The molecule has 0 atom stereocenters. The Kier molecular flexibility index (Phi) is 5.85. The molecular formula is C7H12Cl4N2O. The number of halogens is 4. The maximum atomic E-state index is 11.4. The largest absolute Gasteiger partial charge is 0.336 e. The third kappa shape index (κ3) is 3.99. The molecule has 0 spiro atoms. The average Bonchev–Trinajstić information content (AvgIpc) is 2.03. The minimum Gasteiger partial charge on any atom is -0.336 e. The third-order valence-electron chi connectivity index (χ3n) is 2.03. The van der Waals surface area contributed by atoms with Crippen molar-refractivity contribution < 1.29 is 4.79 Å². The maximum Gasteiger partial charge on any atom is 0.274 e. The van der Waals surface area contributed by atoms with Crippen LogP contribution in [0.15, 0.2) is 0 Å². The summed E-state index contributed by atoms with van der Waals surface area (Å²) in [6.45, 7) is 2.91. The van der Waals surface area contributed by atoms with Crippen LogP contribution in [0.1, 0.15) is 0 Å². The Morgan fingerprint density at radius 1 is 1.14 bits per heavy atom. The summed E-state index contributed by atoms with van der Waals surface area (Å²) in [5.74, 6) is -0.425. The number of likely N-dealkylation sites (N-methyl/N-ethyl adjacent to an activating group) is 1. The molecule has 0 unspecified atom stereocenters. The van der Waals surface area contributed by atoms with Gasteiger partial charge in [0, 0.05) is 26.2 Å². The summed E-state index contributed by atoms with van der Waals surface area (Å²) in [5.41, 5.74) is 0. The quantitative estimate of drug-likeness (QED) is 0.629. The molecule has 0 aromatic rings. The predicted octanol–water partition coefficient (Wildman–Crippen LogP) is 1.55. The Hall–Kier alpha value is 0.590. The van der Waals surface area contributed by atoms with Gasteiger partial charge in [-0.3, -0.25) is 4.79 Å². The van der Waals surface area contributed by atoms with E-state index in [-0.39, 0.29) is 12.4 Å². The highest BCUT2D eigenvalue weighted by atomic mass is 35.6. The third-order valence-corrected chi connectivity index (χ3v) is 2.52. The van der Waals surface area contributed by atoms with Crippen LogP contribution in [-0.4, -0.2) is 52.7 Å². The number of carbonyl (C=O) groups is 1. The first kappa shape index (κ1) is 14.6. The van der Waals surface area contributed by atoms with E-state index < -0.39 is 9.70 Å². The van der Waals surface area contributed by atoms with Gasteiger partial charge in [0.2, 0.25) is 0 Å². The molecule has 1 saturated heterocycles. The lowest BCUT2D eigenvalue weighted by Gasteiger charge is -2.33. The van der Waals surface area contributed by atoms with Crippen molar-refractivity contribution in [2.75, 3.05) is 33.2 Å². The second kappa shape index (κ2) is 5.61. The van der Waals surface area contributed by atoms with Gasteiger partial charge in [-0.05, 0) is 7.05 Å². The monoisotopic (exact) mass is 280 g/mol. The molecule has 1 amide bonds. The summed E-state index contributed by atoms with van der Waals surface area (Å²) < 4.78 is -1.81. The fourth-order valence-corrected chi connectivity index (χ4v) is 1.55. The van der Waals surface area contributed by atoms with Crippen LogP contribution in [0.3, 0.4) is 0 Å². The van der Waals surface area contributed by atoms with Gasteiger partial charge in [0.05, 0.1) is 0 Å². The maximum absolute atomic E-state index is 11.4. The molecule has 3 nitrogen and oxygen atoms in total. The number of nitrogens with zero attached hydrogens (tertiary/aromatic N) is 2. The Balaban J connectivity index is 0.00000169. The van der Waals surface area contributed by atoms with Gasteiger partial charge < -0.3 is 9.80 Å². The van der Waals surface area contributed by atoms with Crippen molar-refractivity contribution in [3.8, 4) is 0 Å². The highest BCUT2D eigenvalue weighted by Crippen LogP contribution is 2.28. The normalized spacial score (nSPS) is 19.0. The van der Waals surface area contributed by atoms with Gasteiger partial charge in [0.25, 0.3) is 9.70 Å². The van der Waals surface area contributed by atoms with Crippen molar-refractivity contribution in [2.45, 2.75) is 3.79 Å². The highest BCUT2D eigenvalue weighted by molar-refractivity contribution is 6.76. The van der Waals surface area contributed by atoms with E-state index in [1.54, 1.807) is 4.90 Å². The SMILES string of the molecule is CN1CCN(C(=O)C(Cl)(Cl)Cl)CC1.Cl. The molecule has 0 aromatic carbocycles. The molecule has 0 bridgehead atoms. The van der Waals surface area contributed by atoms with E-state index in [1.165, 1.54) is 0 Å². The van der Waals surface area contributed by atoms with Crippen LogP contribution >= 0.6 is 47.2 Å². The van der Waals surface area contributed by atoms with Crippen LogP contribution in [0.2, 0.25) is 0 Å². The lowest BCUT2D eigenvalue weighted by molar-refractivity contribution is -0.131. The van der Waals surface area contributed by atoms with Crippen molar-refractivity contribution in [3.63, 3.8) is 0 Å². The lowest BCUT2D eigenvalue weighted by Crippen LogP contribution is -2.50. The van der Waals surface area contributed by atoms with Gasteiger partial charge in [0.1, 0.15) is 0 Å². The summed E-state index contributed by atoms with van der Waals surface area (Å²) >= 11 is 16.4.